The molecule has 0 aliphatic rings. The third-order valence-corrected chi connectivity index (χ3v) is 6.04. The molecule has 4 aromatic rings. The summed E-state index contributed by atoms with van der Waals surface area (Å²) in [7, 11) is -3.86. The first-order valence-electron chi connectivity index (χ1n) is 8.20. The van der Waals surface area contributed by atoms with Gasteiger partial charge < -0.3 is 0 Å². The minimum atomic E-state index is -3.86. The maximum atomic E-state index is 13.6. The molecule has 0 unspecified atom stereocenters. The topological polar surface area (TPSA) is 78.0 Å². The molecule has 0 fully saturated rings. The molecule has 5 nitrogen and oxygen atoms in total. The first-order valence-corrected chi connectivity index (χ1v) is 10.1. The van der Waals surface area contributed by atoms with E-state index in [4.69, 9.17) is 16.7 Å². The van der Waals surface area contributed by atoms with E-state index in [0.29, 0.717) is 27.0 Å². The zero-order chi connectivity index (χ0) is 20.2. The Bertz CT molecular complexity index is 1330. The average molecular weight is 422 g/mol. The zero-order valence-corrected chi connectivity index (χ0v) is 16.1. The lowest BCUT2D eigenvalue weighted by Crippen LogP contribution is -2.12. The SMILES string of the molecule is Cc1ccc2c(ccc3c(C(F)F)nn(-c4ccc(S(N)(=O)=O)cc4)c32)c1Cl. The number of fused-ring (bicyclic) bond motifs is 3. The molecule has 0 aliphatic carbocycles. The van der Waals surface area contributed by atoms with Gasteiger partial charge in [-0.1, -0.05) is 29.8 Å². The van der Waals surface area contributed by atoms with E-state index < -0.39 is 16.4 Å². The Kier molecular flexibility index (Phi) is 4.37. The minimum absolute atomic E-state index is 0.0784. The Morgan fingerprint density at radius 3 is 2.21 bits per heavy atom. The molecule has 0 saturated heterocycles. The molecule has 0 amide bonds. The van der Waals surface area contributed by atoms with Gasteiger partial charge in [0.15, 0.2) is 0 Å². The first-order chi connectivity index (χ1) is 13.2. The van der Waals surface area contributed by atoms with Gasteiger partial charge in [0.25, 0.3) is 6.43 Å². The number of sulfonamides is 1. The highest BCUT2D eigenvalue weighted by Gasteiger charge is 2.22. The van der Waals surface area contributed by atoms with Crippen molar-refractivity contribution in [3.63, 3.8) is 0 Å². The Hall–Kier alpha value is -2.55. The number of primary sulfonamides is 1. The van der Waals surface area contributed by atoms with E-state index in [2.05, 4.69) is 5.10 Å². The van der Waals surface area contributed by atoms with Crippen molar-refractivity contribution in [2.24, 2.45) is 5.14 Å². The highest BCUT2D eigenvalue weighted by Crippen LogP contribution is 2.37. The van der Waals surface area contributed by atoms with E-state index >= 15 is 0 Å². The molecule has 4 rings (SSSR count). The molecular formula is C19H14ClF2N3O2S. The summed E-state index contributed by atoms with van der Waals surface area (Å²) in [6.07, 6.45) is -2.77. The Labute approximate surface area is 164 Å². The van der Waals surface area contributed by atoms with E-state index in [1.165, 1.54) is 28.9 Å². The highest BCUT2D eigenvalue weighted by molar-refractivity contribution is 7.89. The Balaban J connectivity index is 2.07. The van der Waals surface area contributed by atoms with Crippen LogP contribution in [0.3, 0.4) is 0 Å². The average Bonchev–Trinajstić information content (AvgIpc) is 3.04. The van der Waals surface area contributed by atoms with Crippen LogP contribution in [0.2, 0.25) is 5.02 Å². The number of nitrogens with zero attached hydrogens (tertiary/aromatic N) is 2. The number of halogens is 3. The van der Waals surface area contributed by atoms with Gasteiger partial charge in [-0.3, -0.25) is 0 Å². The van der Waals surface area contributed by atoms with Gasteiger partial charge in [0.05, 0.1) is 21.1 Å². The van der Waals surface area contributed by atoms with Crippen molar-refractivity contribution in [3.8, 4) is 5.69 Å². The Morgan fingerprint density at radius 1 is 1.00 bits per heavy atom. The molecular weight excluding hydrogens is 408 g/mol. The van der Waals surface area contributed by atoms with Gasteiger partial charge in [0.1, 0.15) is 5.69 Å². The third-order valence-electron chi connectivity index (χ3n) is 4.61. The summed E-state index contributed by atoms with van der Waals surface area (Å²) in [6.45, 7) is 1.86. The molecule has 1 heterocycles. The lowest BCUT2D eigenvalue weighted by atomic mass is 10.0. The van der Waals surface area contributed by atoms with Crippen molar-refractivity contribution < 1.29 is 17.2 Å². The lowest BCUT2D eigenvalue weighted by Gasteiger charge is -2.09. The largest absolute Gasteiger partial charge is 0.282 e. The molecule has 0 aliphatic heterocycles. The van der Waals surface area contributed by atoms with E-state index in [1.807, 2.05) is 19.1 Å². The fourth-order valence-corrected chi connectivity index (χ4v) is 3.98. The lowest BCUT2D eigenvalue weighted by molar-refractivity contribution is 0.147. The predicted octanol–water partition coefficient (Wildman–Crippen LogP) is 4.73. The van der Waals surface area contributed by atoms with Crippen LogP contribution in [0, 0.1) is 6.92 Å². The normalized spacial score (nSPS) is 12.4. The van der Waals surface area contributed by atoms with Crippen LogP contribution in [0.1, 0.15) is 17.7 Å². The van der Waals surface area contributed by atoms with Crippen LogP contribution in [0.4, 0.5) is 8.78 Å². The molecule has 3 aromatic carbocycles. The number of nitrogens with two attached hydrogens (primary N) is 1. The Morgan fingerprint density at radius 2 is 1.61 bits per heavy atom. The smallest absolute Gasteiger partial charge is 0.232 e. The second-order valence-electron chi connectivity index (χ2n) is 6.39. The molecule has 28 heavy (non-hydrogen) atoms. The summed E-state index contributed by atoms with van der Waals surface area (Å²) in [5.74, 6) is 0. The van der Waals surface area contributed by atoms with E-state index in [9.17, 15) is 17.2 Å². The summed E-state index contributed by atoms with van der Waals surface area (Å²) in [4.78, 5) is -0.0784. The number of aromatic nitrogens is 2. The van der Waals surface area contributed by atoms with Gasteiger partial charge in [0.2, 0.25) is 10.0 Å². The summed E-state index contributed by atoms with van der Waals surface area (Å²) in [6, 6.07) is 12.5. The summed E-state index contributed by atoms with van der Waals surface area (Å²) < 4.78 is 51.5. The van der Waals surface area contributed by atoms with Gasteiger partial charge in [-0.15, -0.1) is 0 Å². The van der Waals surface area contributed by atoms with Gasteiger partial charge in [-0.05, 0) is 42.8 Å². The molecule has 2 N–H and O–H groups in total. The van der Waals surface area contributed by atoms with Crippen LogP contribution in [0.25, 0.3) is 27.4 Å². The fourth-order valence-electron chi connectivity index (χ4n) is 3.23. The van der Waals surface area contributed by atoms with Crippen molar-refractivity contribution in [2.75, 3.05) is 0 Å². The molecule has 0 saturated carbocycles. The van der Waals surface area contributed by atoms with E-state index in [-0.39, 0.29) is 10.6 Å². The second kappa shape index (κ2) is 6.51. The second-order valence-corrected chi connectivity index (χ2v) is 8.33. The van der Waals surface area contributed by atoms with Crippen LogP contribution >= 0.6 is 11.6 Å². The van der Waals surface area contributed by atoms with Crippen molar-refractivity contribution in [1.82, 2.24) is 9.78 Å². The van der Waals surface area contributed by atoms with Gasteiger partial charge in [-0.25, -0.2) is 27.0 Å². The molecule has 9 heteroatoms. The molecule has 0 radical (unpaired) electrons. The number of benzene rings is 3. The highest BCUT2D eigenvalue weighted by atomic mass is 35.5. The maximum absolute atomic E-state index is 13.6. The number of alkyl halides is 2. The number of hydrogen-bond donors (Lipinski definition) is 1. The monoisotopic (exact) mass is 421 g/mol. The molecule has 144 valence electrons. The molecule has 1 aromatic heterocycles. The summed E-state index contributed by atoms with van der Waals surface area (Å²) >= 11 is 6.41. The number of aryl methyl sites for hydroxylation is 1. The first kappa shape index (κ1) is 18.8. The van der Waals surface area contributed by atoms with Crippen molar-refractivity contribution in [3.05, 3.63) is 64.8 Å². The summed E-state index contributed by atoms with van der Waals surface area (Å²) in [5, 5.41) is 11.4. The third kappa shape index (κ3) is 2.94. The van der Waals surface area contributed by atoms with E-state index in [1.54, 1.807) is 12.1 Å². The van der Waals surface area contributed by atoms with Gasteiger partial charge in [0, 0.05) is 16.2 Å². The predicted molar refractivity (Wildman–Crippen MR) is 105 cm³/mol. The van der Waals surface area contributed by atoms with Gasteiger partial charge in [-0.2, -0.15) is 5.10 Å². The van der Waals surface area contributed by atoms with Crippen molar-refractivity contribution in [1.29, 1.82) is 0 Å². The minimum Gasteiger partial charge on any atom is -0.232 e. The molecule has 0 bridgehead atoms. The zero-order valence-electron chi connectivity index (χ0n) is 14.5. The van der Waals surface area contributed by atoms with Crippen molar-refractivity contribution >= 4 is 43.3 Å². The van der Waals surface area contributed by atoms with Crippen LogP contribution in [-0.2, 0) is 10.0 Å². The number of hydrogen-bond acceptors (Lipinski definition) is 3. The van der Waals surface area contributed by atoms with Crippen LogP contribution in [0.5, 0.6) is 0 Å². The summed E-state index contributed by atoms with van der Waals surface area (Å²) in [5.41, 5.74) is 1.40. The fraction of sp³-hybridized carbons (Fsp3) is 0.105. The molecule has 0 atom stereocenters. The van der Waals surface area contributed by atoms with Crippen molar-refractivity contribution in [2.45, 2.75) is 18.2 Å². The quantitative estimate of drug-likeness (QED) is 0.519. The van der Waals surface area contributed by atoms with Crippen LogP contribution < -0.4 is 5.14 Å². The molecule has 0 spiro atoms. The van der Waals surface area contributed by atoms with E-state index in [0.717, 1.165) is 10.9 Å². The van der Waals surface area contributed by atoms with Crippen LogP contribution in [-0.4, -0.2) is 18.2 Å². The van der Waals surface area contributed by atoms with Crippen LogP contribution in [0.15, 0.2) is 53.4 Å². The number of rotatable bonds is 3. The maximum Gasteiger partial charge on any atom is 0.282 e. The van der Waals surface area contributed by atoms with Gasteiger partial charge >= 0.3 is 0 Å². The standard InChI is InChI=1S/C19H14ClF2N3O2S/c1-10-2-7-14-13(16(10)20)8-9-15-17(19(21)22)24-25(18(14)15)11-3-5-12(6-4-11)28(23,26)27/h2-9,19H,1H3,(H2,23,26,27).